The van der Waals surface area contributed by atoms with Gasteiger partial charge in [0.15, 0.2) is 0 Å². The lowest BCUT2D eigenvalue weighted by atomic mass is 10.2. The molecule has 0 aromatic rings. The Hall–Kier alpha value is -0.600. The smallest absolute Gasteiger partial charge is 0.0526 e. The average molecular weight is 158 g/mol. The van der Waals surface area contributed by atoms with Gasteiger partial charge < -0.3 is 0 Å². The van der Waals surface area contributed by atoms with E-state index in [-0.39, 0.29) is 6.04 Å². The average Bonchev–Trinajstić information content (AvgIpc) is 1.97. The van der Waals surface area contributed by atoms with Gasteiger partial charge in [-0.15, -0.1) is 4.91 Å². The highest BCUT2D eigenvalue weighted by Gasteiger charge is 2.05. The van der Waals surface area contributed by atoms with Gasteiger partial charge in [0.2, 0.25) is 0 Å². The molecule has 0 aromatic carbocycles. The molecule has 0 bridgehead atoms. The summed E-state index contributed by atoms with van der Waals surface area (Å²) in [5, 5.41) is 4.54. The van der Waals surface area contributed by atoms with Crippen LogP contribution in [0.25, 0.3) is 0 Å². The highest BCUT2D eigenvalue weighted by molar-refractivity contribution is 4.56. The summed E-state index contributed by atoms with van der Waals surface area (Å²) in [6, 6.07) is 0.240. The van der Waals surface area contributed by atoms with Gasteiger partial charge in [-0.05, 0) is 20.3 Å². The third-order valence-electron chi connectivity index (χ3n) is 1.69. The molecule has 11 heavy (non-hydrogen) atoms. The molecule has 0 heterocycles. The number of nitrogens with zero attached hydrogens (tertiary/aromatic N) is 2. The van der Waals surface area contributed by atoms with Gasteiger partial charge in [-0.3, -0.25) is 5.01 Å². The largest absolute Gasteiger partial charge is 0.258 e. The Balaban J connectivity index is 3.44. The Bertz CT molecular complexity index is 104. The molecule has 0 unspecified atom stereocenters. The summed E-state index contributed by atoms with van der Waals surface area (Å²) in [6.07, 6.45) is 3.43. The van der Waals surface area contributed by atoms with Crippen molar-refractivity contribution in [2.75, 3.05) is 6.54 Å². The molecule has 0 fully saturated rings. The second-order valence-electron chi connectivity index (χ2n) is 3.05. The van der Waals surface area contributed by atoms with Crippen molar-refractivity contribution in [2.45, 2.75) is 46.1 Å². The molecule has 0 amide bonds. The van der Waals surface area contributed by atoms with Crippen LogP contribution in [0, 0.1) is 4.91 Å². The van der Waals surface area contributed by atoms with Gasteiger partial charge in [-0.2, -0.15) is 0 Å². The summed E-state index contributed by atoms with van der Waals surface area (Å²) < 4.78 is 0. The van der Waals surface area contributed by atoms with Crippen LogP contribution in [0.4, 0.5) is 0 Å². The first-order valence-corrected chi connectivity index (χ1v) is 4.32. The monoisotopic (exact) mass is 158 g/mol. The number of nitroso groups, excluding NO2 is 1. The second-order valence-corrected chi connectivity index (χ2v) is 3.05. The van der Waals surface area contributed by atoms with Gasteiger partial charge >= 0.3 is 0 Å². The molecule has 0 saturated heterocycles. The zero-order valence-corrected chi connectivity index (χ0v) is 7.71. The second kappa shape index (κ2) is 6.13. The standard InChI is InChI=1S/C8H18N2O/c1-4-5-6-7-10(9-11)8(2)3/h8H,4-7H2,1-3H3. The number of hydrogen-bond acceptors (Lipinski definition) is 2. The SMILES string of the molecule is CCCCCN(N=O)C(C)C. The Morgan fingerprint density at radius 3 is 2.36 bits per heavy atom. The van der Waals surface area contributed by atoms with E-state index >= 15 is 0 Å². The van der Waals surface area contributed by atoms with E-state index in [1.54, 1.807) is 5.01 Å². The summed E-state index contributed by atoms with van der Waals surface area (Å²) in [7, 11) is 0. The van der Waals surface area contributed by atoms with Crippen molar-refractivity contribution in [1.29, 1.82) is 0 Å². The van der Waals surface area contributed by atoms with Crippen LogP contribution in [0.5, 0.6) is 0 Å². The van der Waals surface area contributed by atoms with Crippen molar-refractivity contribution >= 4 is 0 Å². The molecule has 3 nitrogen and oxygen atoms in total. The predicted molar refractivity (Wildman–Crippen MR) is 47.2 cm³/mol. The number of hydrogen-bond donors (Lipinski definition) is 0. The molecular formula is C8H18N2O. The Kier molecular flexibility index (Phi) is 5.80. The zero-order chi connectivity index (χ0) is 8.69. The summed E-state index contributed by atoms with van der Waals surface area (Å²) in [5.74, 6) is 0. The van der Waals surface area contributed by atoms with E-state index < -0.39 is 0 Å². The summed E-state index contributed by atoms with van der Waals surface area (Å²) in [6.45, 7) is 6.91. The van der Waals surface area contributed by atoms with Crippen LogP contribution in [-0.4, -0.2) is 17.6 Å². The van der Waals surface area contributed by atoms with Crippen molar-refractivity contribution in [3.63, 3.8) is 0 Å². The fourth-order valence-electron chi connectivity index (χ4n) is 0.917. The number of rotatable bonds is 6. The molecule has 0 aliphatic heterocycles. The van der Waals surface area contributed by atoms with E-state index in [4.69, 9.17) is 0 Å². The normalized spacial score (nSPS) is 10.2. The van der Waals surface area contributed by atoms with Crippen LogP contribution in [-0.2, 0) is 0 Å². The zero-order valence-electron chi connectivity index (χ0n) is 7.71. The van der Waals surface area contributed by atoms with Crippen molar-refractivity contribution in [3.05, 3.63) is 4.91 Å². The molecule has 0 saturated carbocycles. The van der Waals surface area contributed by atoms with Gasteiger partial charge in [0.05, 0.1) is 5.29 Å². The lowest BCUT2D eigenvalue weighted by Gasteiger charge is -2.18. The lowest BCUT2D eigenvalue weighted by Crippen LogP contribution is -2.25. The van der Waals surface area contributed by atoms with E-state index in [0.717, 1.165) is 13.0 Å². The lowest BCUT2D eigenvalue weighted by molar-refractivity contribution is 0.224. The van der Waals surface area contributed by atoms with E-state index in [1.807, 2.05) is 13.8 Å². The minimum Gasteiger partial charge on any atom is -0.258 e. The molecule has 0 aliphatic carbocycles. The highest BCUT2D eigenvalue weighted by atomic mass is 16.3. The first-order valence-electron chi connectivity index (χ1n) is 4.32. The predicted octanol–water partition coefficient (Wildman–Crippen LogP) is 2.57. The van der Waals surface area contributed by atoms with Crippen LogP contribution in [0.1, 0.15) is 40.0 Å². The third kappa shape index (κ3) is 4.76. The molecule has 66 valence electrons. The highest BCUT2D eigenvalue weighted by Crippen LogP contribution is 2.02. The first kappa shape index (κ1) is 10.4. The fourth-order valence-corrected chi connectivity index (χ4v) is 0.917. The van der Waals surface area contributed by atoms with Gasteiger partial charge in [0, 0.05) is 12.6 Å². The molecule has 0 spiro atoms. The molecule has 0 radical (unpaired) electrons. The van der Waals surface area contributed by atoms with Crippen LogP contribution in [0.15, 0.2) is 5.29 Å². The van der Waals surface area contributed by atoms with Crippen LogP contribution >= 0.6 is 0 Å². The van der Waals surface area contributed by atoms with Crippen LogP contribution in [0.3, 0.4) is 0 Å². The summed E-state index contributed by atoms with van der Waals surface area (Å²) in [4.78, 5) is 10.2. The molecule has 0 atom stereocenters. The van der Waals surface area contributed by atoms with E-state index in [0.29, 0.717) is 0 Å². The molecule has 3 heteroatoms. The van der Waals surface area contributed by atoms with Gasteiger partial charge in [0.25, 0.3) is 0 Å². The van der Waals surface area contributed by atoms with E-state index in [1.165, 1.54) is 12.8 Å². The van der Waals surface area contributed by atoms with Crippen molar-refractivity contribution < 1.29 is 0 Å². The quantitative estimate of drug-likeness (QED) is 0.338. The summed E-state index contributed by atoms with van der Waals surface area (Å²) >= 11 is 0. The Morgan fingerprint density at radius 1 is 1.36 bits per heavy atom. The van der Waals surface area contributed by atoms with Crippen molar-refractivity contribution in [3.8, 4) is 0 Å². The molecular weight excluding hydrogens is 140 g/mol. The van der Waals surface area contributed by atoms with Gasteiger partial charge in [0.1, 0.15) is 0 Å². The van der Waals surface area contributed by atoms with Crippen LogP contribution in [0.2, 0.25) is 0 Å². The molecule has 0 rings (SSSR count). The van der Waals surface area contributed by atoms with Crippen LogP contribution < -0.4 is 0 Å². The number of unbranched alkanes of at least 4 members (excludes halogenated alkanes) is 2. The maximum Gasteiger partial charge on any atom is 0.0526 e. The topological polar surface area (TPSA) is 32.7 Å². The van der Waals surface area contributed by atoms with Gasteiger partial charge in [-0.1, -0.05) is 19.8 Å². The van der Waals surface area contributed by atoms with Gasteiger partial charge in [-0.25, -0.2) is 0 Å². The van der Waals surface area contributed by atoms with E-state index in [9.17, 15) is 4.91 Å². The fraction of sp³-hybridized carbons (Fsp3) is 1.00. The minimum absolute atomic E-state index is 0.240. The Morgan fingerprint density at radius 2 is 2.00 bits per heavy atom. The molecule has 0 N–H and O–H groups in total. The Labute approximate surface area is 68.7 Å². The van der Waals surface area contributed by atoms with E-state index in [2.05, 4.69) is 12.2 Å². The van der Waals surface area contributed by atoms with Crippen molar-refractivity contribution in [1.82, 2.24) is 5.01 Å². The maximum atomic E-state index is 10.2. The third-order valence-corrected chi connectivity index (χ3v) is 1.69. The minimum atomic E-state index is 0.240. The molecule has 0 aromatic heterocycles. The molecule has 0 aliphatic rings. The maximum absolute atomic E-state index is 10.2. The summed E-state index contributed by atoms with van der Waals surface area (Å²) in [5.41, 5.74) is 0. The van der Waals surface area contributed by atoms with Crippen molar-refractivity contribution in [2.24, 2.45) is 5.29 Å². The first-order chi connectivity index (χ1) is 5.22.